The molecule has 0 unspecified atom stereocenters. The highest BCUT2D eigenvalue weighted by molar-refractivity contribution is 7.85. The van der Waals surface area contributed by atoms with Crippen LogP contribution in [0.5, 0.6) is 0 Å². The number of hydrogen-bond acceptors (Lipinski definition) is 4. The summed E-state index contributed by atoms with van der Waals surface area (Å²) in [5.41, 5.74) is 0.0333. The Hall–Kier alpha value is -1.47. The summed E-state index contributed by atoms with van der Waals surface area (Å²) in [5.74, 6) is 0. The largest absolute Gasteiger partial charge is 0.294 e. The van der Waals surface area contributed by atoms with E-state index < -0.39 is 15.0 Å². The van der Waals surface area contributed by atoms with Gasteiger partial charge < -0.3 is 0 Å². The van der Waals surface area contributed by atoms with E-state index in [1.54, 1.807) is 6.92 Å². The molecule has 0 aromatic heterocycles. The lowest BCUT2D eigenvalue weighted by atomic mass is 10.1. The molecule has 1 aromatic rings. The molecule has 1 N–H and O–H groups in total. The molecule has 1 rings (SSSR count). The summed E-state index contributed by atoms with van der Waals surface area (Å²) in [5, 5.41) is 10.4. The molecule has 0 aliphatic heterocycles. The second kappa shape index (κ2) is 3.95. The third-order valence-electron chi connectivity index (χ3n) is 1.91. The molecule has 0 atom stereocenters. The number of nitro groups is 1. The Morgan fingerprint density at radius 2 is 2.07 bits per heavy atom. The Morgan fingerprint density at radius 3 is 2.47 bits per heavy atom. The number of hydrogen-bond donors (Lipinski definition) is 1. The summed E-state index contributed by atoms with van der Waals surface area (Å²) >= 11 is 0. The third-order valence-corrected chi connectivity index (χ3v) is 2.87. The molecule has 0 radical (unpaired) electrons. The second-order valence-electron chi connectivity index (χ2n) is 2.88. The number of nitro benzene ring substituents is 1. The Balaban J connectivity index is 3.40. The summed E-state index contributed by atoms with van der Waals surface area (Å²) in [6, 6.07) is 3.22. The van der Waals surface area contributed by atoms with Crippen molar-refractivity contribution in [1.82, 2.24) is 0 Å². The van der Waals surface area contributed by atoms with Crippen molar-refractivity contribution in [3.63, 3.8) is 0 Å². The standard InChI is InChI=1S/C8H9NO5S/c1-2-6-5-7(9(10)11)3-4-8(6)15(12,13)14/h3-5H,2H2,1H3,(H,12,13,14). The molecule has 15 heavy (non-hydrogen) atoms. The van der Waals surface area contributed by atoms with Gasteiger partial charge in [0.25, 0.3) is 15.8 Å². The normalized spacial score (nSPS) is 11.3. The van der Waals surface area contributed by atoms with Crippen molar-refractivity contribution in [1.29, 1.82) is 0 Å². The van der Waals surface area contributed by atoms with E-state index in [2.05, 4.69) is 0 Å². The van der Waals surface area contributed by atoms with E-state index in [1.165, 1.54) is 0 Å². The van der Waals surface area contributed by atoms with Crippen molar-refractivity contribution in [2.75, 3.05) is 0 Å². The van der Waals surface area contributed by atoms with E-state index in [4.69, 9.17) is 4.55 Å². The minimum absolute atomic E-state index is 0.195. The molecule has 0 fully saturated rings. The highest BCUT2D eigenvalue weighted by Gasteiger charge is 2.17. The highest BCUT2D eigenvalue weighted by atomic mass is 32.2. The molecule has 82 valence electrons. The van der Waals surface area contributed by atoms with Gasteiger partial charge in [0.15, 0.2) is 0 Å². The zero-order valence-electron chi connectivity index (χ0n) is 7.87. The molecule has 0 saturated carbocycles. The Kier molecular flexibility index (Phi) is 3.06. The third kappa shape index (κ3) is 2.51. The van der Waals surface area contributed by atoms with Gasteiger partial charge in [0.1, 0.15) is 0 Å². The van der Waals surface area contributed by atoms with Crippen molar-refractivity contribution in [2.24, 2.45) is 0 Å². The first kappa shape index (κ1) is 11.6. The van der Waals surface area contributed by atoms with Gasteiger partial charge >= 0.3 is 0 Å². The van der Waals surface area contributed by atoms with Gasteiger partial charge in [-0.05, 0) is 18.1 Å². The van der Waals surface area contributed by atoms with E-state index in [-0.39, 0.29) is 22.6 Å². The molecular formula is C8H9NO5S. The smallest absolute Gasteiger partial charge is 0.282 e. The quantitative estimate of drug-likeness (QED) is 0.481. The van der Waals surface area contributed by atoms with Crippen LogP contribution in [-0.4, -0.2) is 17.9 Å². The summed E-state index contributed by atoms with van der Waals surface area (Å²) in [7, 11) is -4.31. The lowest BCUT2D eigenvalue weighted by molar-refractivity contribution is -0.385. The fourth-order valence-corrected chi connectivity index (χ4v) is 1.98. The topological polar surface area (TPSA) is 97.5 Å². The van der Waals surface area contributed by atoms with E-state index in [1.807, 2.05) is 0 Å². The minimum atomic E-state index is -4.31. The van der Waals surface area contributed by atoms with Crippen LogP contribution < -0.4 is 0 Å². The van der Waals surface area contributed by atoms with Gasteiger partial charge in [-0.3, -0.25) is 14.7 Å². The number of rotatable bonds is 3. The number of aryl methyl sites for hydroxylation is 1. The molecular weight excluding hydrogens is 222 g/mol. The van der Waals surface area contributed by atoms with E-state index >= 15 is 0 Å². The van der Waals surface area contributed by atoms with Crippen LogP contribution in [0, 0.1) is 10.1 Å². The van der Waals surface area contributed by atoms with Gasteiger partial charge in [0.05, 0.1) is 9.82 Å². The molecule has 0 aliphatic rings. The van der Waals surface area contributed by atoms with Crippen LogP contribution in [0.1, 0.15) is 12.5 Å². The zero-order chi connectivity index (χ0) is 11.6. The van der Waals surface area contributed by atoms with Crippen LogP contribution in [-0.2, 0) is 16.5 Å². The first-order chi connectivity index (χ1) is 6.86. The molecule has 0 saturated heterocycles. The summed E-state index contributed by atoms with van der Waals surface area (Å²) in [6.07, 6.45) is 0.288. The van der Waals surface area contributed by atoms with Crippen LogP contribution in [0.25, 0.3) is 0 Å². The van der Waals surface area contributed by atoms with Crippen LogP contribution in [0.4, 0.5) is 5.69 Å². The maximum atomic E-state index is 10.9. The van der Waals surface area contributed by atoms with Crippen molar-refractivity contribution < 1.29 is 17.9 Å². The molecule has 6 nitrogen and oxygen atoms in total. The fourth-order valence-electron chi connectivity index (χ4n) is 1.21. The Bertz CT molecular complexity index is 494. The molecule has 0 heterocycles. The molecule has 0 aliphatic carbocycles. The van der Waals surface area contributed by atoms with Crippen molar-refractivity contribution in [2.45, 2.75) is 18.2 Å². The van der Waals surface area contributed by atoms with Gasteiger partial charge in [-0.2, -0.15) is 8.42 Å². The van der Waals surface area contributed by atoms with E-state index in [0.29, 0.717) is 0 Å². The molecule has 0 amide bonds. The predicted octanol–water partition coefficient (Wildman–Crippen LogP) is 1.40. The molecule has 1 aromatic carbocycles. The average molecular weight is 231 g/mol. The SMILES string of the molecule is CCc1cc([N+](=O)[O-])ccc1S(=O)(=O)O. The van der Waals surface area contributed by atoms with Crippen molar-refractivity contribution >= 4 is 15.8 Å². The van der Waals surface area contributed by atoms with Gasteiger partial charge in [0, 0.05) is 12.1 Å². The number of benzene rings is 1. The van der Waals surface area contributed by atoms with Crippen molar-refractivity contribution in [3.8, 4) is 0 Å². The van der Waals surface area contributed by atoms with Crippen molar-refractivity contribution in [3.05, 3.63) is 33.9 Å². The molecule has 0 bridgehead atoms. The summed E-state index contributed by atoms with van der Waals surface area (Å²) < 4.78 is 30.6. The molecule has 7 heteroatoms. The van der Waals surface area contributed by atoms with E-state index in [0.717, 1.165) is 18.2 Å². The van der Waals surface area contributed by atoms with Gasteiger partial charge in [-0.25, -0.2) is 0 Å². The predicted molar refractivity (Wildman–Crippen MR) is 52.3 cm³/mol. The average Bonchev–Trinajstić information content (AvgIpc) is 2.15. The van der Waals surface area contributed by atoms with Gasteiger partial charge in [-0.15, -0.1) is 0 Å². The van der Waals surface area contributed by atoms with Crippen LogP contribution in [0.2, 0.25) is 0 Å². The maximum absolute atomic E-state index is 10.9. The molecule has 0 spiro atoms. The number of nitrogens with zero attached hydrogens (tertiary/aromatic N) is 1. The minimum Gasteiger partial charge on any atom is -0.282 e. The fraction of sp³-hybridized carbons (Fsp3) is 0.250. The summed E-state index contributed by atoms with van der Waals surface area (Å²) in [4.78, 5) is 9.52. The van der Waals surface area contributed by atoms with Crippen LogP contribution >= 0.6 is 0 Å². The van der Waals surface area contributed by atoms with Crippen LogP contribution in [0.15, 0.2) is 23.1 Å². The Labute approximate surface area is 86.4 Å². The zero-order valence-corrected chi connectivity index (χ0v) is 8.69. The maximum Gasteiger partial charge on any atom is 0.294 e. The lowest BCUT2D eigenvalue weighted by Gasteiger charge is -2.03. The lowest BCUT2D eigenvalue weighted by Crippen LogP contribution is -2.03. The van der Waals surface area contributed by atoms with Gasteiger partial charge in [0.2, 0.25) is 0 Å². The van der Waals surface area contributed by atoms with Crippen LogP contribution in [0.3, 0.4) is 0 Å². The highest BCUT2D eigenvalue weighted by Crippen LogP contribution is 2.21. The first-order valence-electron chi connectivity index (χ1n) is 4.11. The Morgan fingerprint density at radius 1 is 1.47 bits per heavy atom. The summed E-state index contributed by atoms with van der Waals surface area (Å²) in [6.45, 7) is 1.65. The first-order valence-corrected chi connectivity index (χ1v) is 5.55. The van der Waals surface area contributed by atoms with E-state index in [9.17, 15) is 18.5 Å². The van der Waals surface area contributed by atoms with Gasteiger partial charge in [-0.1, -0.05) is 6.92 Å². The number of non-ortho nitro benzene ring substituents is 1. The second-order valence-corrected chi connectivity index (χ2v) is 4.27. The monoisotopic (exact) mass is 231 g/mol.